The minimum atomic E-state index is -0.930. The molecule has 1 fully saturated rings. The lowest BCUT2D eigenvalue weighted by Crippen LogP contribution is -2.17. The van der Waals surface area contributed by atoms with Crippen LogP contribution >= 0.6 is 0 Å². The van der Waals surface area contributed by atoms with Crippen LogP contribution in [0.15, 0.2) is 12.1 Å². The molecule has 2 nitrogen and oxygen atoms in total. The molecule has 1 saturated heterocycles. The highest BCUT2D eigenvalue weighted by atomic mass is 19.1. The molecule has 1 aliphatic heterocycles. The second kappa shape index (κ2) is 5.71. The third-order valence-electron chi connectivity index (χ3n) is 3.24. The van der Waals surface area contributed by atoms with Crippen LogP contribution in [0, 0.1) is 17.5 Å². The van der Waals surface area contributed by atoms with Crippen molar-refractivity contribution in [2.24, 2.45) is 5.73 Å². The predicted octanol–water partition coefficient (Wildman–Crippen LogP) is 3.06. The van der Waals surface area contributed by atoms with Crippen molar-refractivity contribution in [3.63, 3.8) is 0 Å². The van der Waals surface area contributed by atoms with Crippen LogP contribution in [0.25, 0.3) is 0 Å². The SMILES string of the molecule is NC(CCC1CCCO1)c1c(F)cc(F)cc1F. The van der Waals surface area contributed by atoms with E-state index in [1.165, 1.54) is 0 Å². The first-order valence-corrected chi connectivity index (χ1v) is 6.09. The van der Waals surface area contributed by atoms with Gasteiger partial charge in [-0.3, -0.25) is 0 Å². The van der Waals surface area contributed by atoms with Crippen LogP contribution in [0.5, 0.6) is 0 Å². The maximum absolute atomic E-state index is 13.5. The van der Waals surface area contributed by atoms with Gasteiger partial charge < -0.3 is 10.5 Å². The molecule has 0 spiro atoms. The fourth-order valence-electron chi connectivity index (χ4n) is 2.29. The average Bonchev–Trinajstić information content (AvgIpc) is 2.77. The van der Waals surface area contributed by atoms with Crippen molar-refractivity contribution in [3.8, 4) is 0 Å². The summed E-state index contributed by atoms with van der Waals surface area (Å²) in [4.78, 5) is 0. The van der Waals surface area contributed by atoms with E-state index in [9.17, 15) is 13.2 Å². The van der Waals surface area contributed by atoms with Crippen LogP contribution in [-0.4, -0.2) is 12.7 Å². The first-order valence-electron chi connectivity index (χ1n) is 6.09. The zero-order chi connectivity index (χ0) is 13.1. The molecule has 100 valence electrons. The van der Waals surface area contributed by atoms with Gasteiger partial charge in [-0.25, -0.2) is 13.2 Å². The van der Waals surface area contributed by atoms with E-state index in [2.05, 4.69) is 0 Å². The smallest absolute Gasteiger partial charge is 0.133 e. The van der Waals surface area contributed by atoms with Crippen molar-refractivity contribution in [1.82, 2.24) is 0 Å². The van der Waals surface area contributed by atoms with Crippen molar-refractivity contribution in [2.75, 3.05) is 6.61 Å². The molecule has 1 aromatic rings. The molecule has 0 amide bonds. The maximum atomic E-state index is 13.5. The normalized spacial score (nSPS) is 21.2. The Morgan fingerprint density at radius 3 is 2.50 bits per heavy atom. The highest BCUT2D eigenvalue weighted by Gasteiger charge is 2.21. The summed E-state index contributed by atoms with van der Waals surface area (Å²) < 4.78 is 45.1. The van der Waals surface area contributed by atoms with Gasteiger partial charge in [0, 0.05) is 30.3 Å². The van der Waals surface area contributed by atoms with Crippen LogP contribution in [0.3, 0.4) is 0 Å². The molecule has 1 heterocycles. The predicted molar refractivity (Wildman–Crippen MR) is 61.5 cm³/mol. The fraction of sp³-hybridized carbons (Fsp3) is 0.538. The van der Waals surface area contributed by atoms with E-state index in [1.54, 1.807) is 0 Å². The monoisotopic (exact) mass is 259 g/mol. The number of hydrogen-bond acceptors (Lipinski definition) is 2. The first-order chi connectivity index (χ1) is 8.58. The zero-order valence-corrected chi connectivity index (χ0v) is 9.96. The third-order valence-corrected chi connectivity index (χ3v) is 3.24. The Kier molecular flexibility index (Phi) is 4.24. The quantitative estimate of drug-likeness (QED) is 0.902. The molecule has 1 aliphatic rings. The first kappa shape index (κ1) is 13.4. The van der Waals surface area contributed by atoms with E-state index in [0.29, 0.717) is 25.0 Å². The Labute approximate surface area is 104 Å². The van der Waals surface area contributed by atoms with Gasteiger partial charge in [0.05, 0.1) is 6.10 Å². The highest BCUT2D eigenvalue weighted by Crippen LogP contribution is 2.26. The van der Waals surface area contributed by atoms with Crippen LogP contribution in [-0.2, 0) is 4.74 Å². The molecule has 0 aliphatic carbocycles. The van der Waals surface area contributed by atoms with E-state index in [1.807, 2.05) is 0 Å². The minimum Gasteiger partial charge on any atom is -0.378 e. The standard InChI is InChI=1S/C13H16F3NO/c14-8-6-10(15)13(11(16)7-8)12(17)4-3-9-2-1-5-18-9/h6-7,9,12H,1-5,17H2. The third kappa shape index (κ3) is 3.03. The number of benzene rings is 1. The molecular weight excluding hydrogens is 243 g/mol. The largest absolute Gasteiger partial charge is 0.378 e. The van der Waals surface area contributed by atoms with Crippen molar-refractivity contribution in [1.29, 1.82) is 0 Å². The van der Waals surface area contributed by atoms with E-state index in [-0.39, 0.29) is 11.7 Å². The molecule has 2 unspecified atom stereocenters. The molecule has 0 aromatic heterocycles. The van der Waals surface area contributed by atoms with Gasteiger partial charge in [0.2, 0.25) is 0 Å². The summed E-state index contributed by atoms with van der Waals surface area (Å²) in [5.41, 5.74) is 5.53. The van der Waals surface area contributed by atoms with Crippen LogP contribution in [0.4, 0.5) is 13.2 Å². The van der Waals surface area contributed by atoms with E-state index >= 15 is 0 Å². The minimum absolute atomic E-state index is 0.127. The maximum Gasteiger partial charge on any atom is 0.133 e. The second-order valence-electron chi connectivity index (χ2n) is 4.60. The summed E-state index contributed by atoms with van der Waals surface area (Å²) in [5.74, 6) is -2.78. The number of halogens is 3. The van der Waals surface area contributed by atoms with E-state index < -0.39 is 23.5 Å². The average molecular weight is 259 g/mol. The van der Waals surface area contributed by atoms with Crippen LogP contribution < -0.4 is 5.73 Å². The Morgan fingerprint density at radius 1 is 1.28 bits per heavy atom. The lowest BCUT2D eigenvalue weighted by atomic mass is 9.99. The molecule has 0 saturated carbocycles. The zero-order valence-electron chi connectivity index (χ0n) is 9.96. The van der Waals surface area contributed by atoms with Crippen molar-refractivity contribution in [2.45, 2.75) is 37.8 Å². The van der Waals surface area contributed by atoms with E-state index in [4.69, 9.17) is 10.5 Å². The highest BCUT2D eigenvalue weighted by molar-refractivity contribution is 5.23. The van der Waals surface area contributed by atoms with Gasteiger partial charge in [-0.15, -0.1) is 0 Å². The van der Waals surface area contributed by atoms with Crippen molar-refractivity contribution < 1.29 is 17.9 Å². The van der Waals surface area contributed by atoms with Gasteiger partial charge in [-0.05, 0) is 25.7 Å². The summed E-state index contributed by atoms with van der Waals surface area (Å²) in [6.45, 7) is 0.735. The Hall–Kier alpha value is -1.07. The van der Waals surface area contributed by atoms with Crippen molar-refractivity contribution in [3.05, 3.63) is 35.1 Å². The summed E-state index contributed by atoms with van der Waals surface area (Å²) in [6.07, 6.45) is 3.18. The van der Waals surface area contributed by atoms with Gasteiger partial charge in [0.1, 0.15) is 17.5 Å². The van der Waals surface area contributed by atoms with Crippen molar-refractivity contribution >= 4 is 0 Å². The molecule has 2 rings (SSSR count). The molecular formula is C13H16F3NO. The van der Waals surface area contributed by atoms with Gasteiger partial charge in [0.25, 0.3) is 0 Å². The fourth-order valence-corrected chi connectivity index (χ4v) is 2.29. The molecule has 5 heteroatoms. The Bertz CT molecular complexity index is 396. The lowest BCUT2D eigenvalue weighted by molar-refractivity contribution is 0.100. The van der Waals surface area contributed by atoms with Gasteiger partial charge in [0.15, 0.2) is 0 Å². The molecule has 18 heavy (non-hydrogen) atoms. The van der Waals surface area contributed by atoms with Gasteiger partial charge in [-0.1, -0.05) is 0 Å². The molecule has 2 N–H and O–H groups in total. The van der Waals surface area contributed by atoms with Crippen LogP contribution in [0.1, 0.15) is 37.3 Å². The summed E-state index contributed by atoms with van der Waals surface area (Å²) in [5, 5.41) is 0. The van der Waals surface area contributed by atoms with Crippen LogP contribution in [0.2, 0.25) is 0 Å². The number of ether oxygens (including phenoxy) is 1. The summed E-state index contributed by atoms with van der Waals surface area (Å²) in [6, 6.07) is 0.545. The number of hydrogen-bond donors (Lipinski definition) is 1. The lowest BCUT2D eigenvalue weighted by Gasteiger charge is -2.16. The topological polar surface area (TPSA) is 35.2 Å². The van der Waals surface area contributed by atoms with Gasteiger partial charge in [-0.2, -0.15) is 0 Å². The second-order valence-corrected chi connectivity index (χ2v) is 4.60. The molecule has 0 radical (unpaired) electrons. The summed E-state index contributed by atoms with van der Waals surface area (Å²) >= 11 is 0. The van der Waals surface area contributed by atoms with Gasteiger partial charge >= 0.3 is 0 Å². The number of nitrogens with two attached hydrogens (primary N) is 1. The molecule has 1 aromatic carbocycles. The summed E-state index contributed by atoms with van der Waals surface area (Å²) in [7, 11) is 0. The number of rotatable bonds is 4. The molecule has 2 atom stereocenters. The Balaban J connectivity index is 2.01. The Morgan fingerprint density at radius 2 is 1.94 bits per heavy atom. The van der Waals surface area contributed by atoms with E-state index in [0.717, 1.165) is 19.4 Å². The molecule has 0 bridgehead atoms.